The Balaban J connectivity index is 0.000000261. The van der Waals surface area contributed by atoms with Crippen molar-refractivity contribution in [3.8, 4) is 5.75 Å². The van der Waals surface area contributed by atoms with Crippen LogP contribution in [0.1, 0.15) is 19.8 Å². The van der Waals surface area contributed by atoms with Gasteiger partial charge in [-0.1, -0.05) is 38.8 Å². The van der Waals surface area contributed by atoms with E-state index in [1.165, 1.54) is 6.42 Å². The predicted octanol–water partition coefficient (Wildman–Crippen LogP) is 3.12. The van der Waals surface area contributed by atoms with Gasteiger partial charge in [-0.25, -0.2) is 0 Å². The number of hydrogen-bond acceptors (Lipinski definition) is 1. The van der Waals surface area contributed by atoms with Crippen LogP contribution in [0.3, 0.4) is 0 Å². The molecule has 0 fully saturated rings. The van der Waals surface area contributed by atoms with E-state index in [0.29, 0.717) is 0 Å². The molecule has 0 aliphatic heterocycles. The van der Waals surface area contributed by atoms with Crippen molar-refractivity contribution < 1.29 is 4.74 Å². The summed E-state index contributed by atoms with van der Waals surface area (Å²) < 4.78 is 4.89. The summed E-state index contributed by atoms with van der Waals surface area (Å²) in [6.07, 6.45) is 2.28. The van der Waals surface area contributed by atoms with Gasteiger partial charge < -0.3 is 4.74 Å². The second kappa shape index (κ2) is 8.12. The number of unbranched alkanes of at least 4 members (excludes halogenated alkanes) is 1. The quantitative estimate of drug-likeness (QED) is 0.652. The molecule has 2 radical (unpaired) electrons. The molecule has 0 amide bonds. The summed E-state index contributed by atoms with van der Waals surface area (Å²) in [5.74, 6) is 0.878. The Morgan fingerprint density at radius 2 is 1.92 bits per heavy atom. The van der Waals surface area contributed by atoms with Crippen LogP contribution in [0.5, 0.6) is 5.75 Å². The fraction of sp³-hybridized carbons (Fsp3) is 0.364. The summed E-state index contributed by atoms with van der Waals surface area (Å²) in [5.41, 5.74) is 0. The van der Waals surface area contributed by atoms with Gasteiger partial charge in [0.2, 0.25) is 0 Å². The van der Waals surface area contributed by atoms with Crippen molar-refractivity contribution in [2.45, 2.75) is 19.8 Å². The number of hydrogen-bond donors (Lipinski definition) is 0. The first-order chi connectivity index (χ1) is 5.85. The topological polar surface area (TPSA) is 9.23 Å². The lowest BCUT2D eigenvalue weighted by Crippen LogP contribution is -1.78. The third-order valence-corrected chi connectivity index (χ3v) is 1.28. The normalized spacial score (nSPS) is 8.25. The summed E-state index contributed by atoms with van der Waals surface area (Å²) in [6.45, 7) is 5.72. The van der Waals surface area contributed by atoms with Gasteiger partial charge >= 0.3 is 0 Å². The number of ether oxygens (including phenoxy) is 1. The van der Waals surface area contributed by atoms with Gasteiger partial charge in [-0.3, -0.25) is 0 Å². The molecule has 12 heavy (non-hydrogen) atoms. The number of rotatable bonds is 2. The van der Waals surface area contributed by atoms with E-state index in [-0.39, 0.29) is 0 Å². The van der Waals surface area contributed by atoms with Crippen LogP contribution >= 0.6 is 0 Å². The molecule has 0 atom stereocenters. The molecule has 0 aliphatic carbocycles. The third kappa shape index (κ3) is 5.78. The van der Waals surface area contributed by atoms with Crippen molar-refractivity contribution in [1.29, 1.82) is 0 Å². The van der Waals surface area contributed by atoms with Crippen molar-refractivity contribution in [2.75, 3.05) is 7.11 Å². The molecule has 0 bridgehead atoms. The van der Waals surface area contributed by atoms with Crippen molar-refractivity contribution in [3.05, 3.63) is 37.3 Å². The summed E-state index contributed by atoms with van der Waals surface area (Å²) in [5, 5.41) is 0. The highest BCUT2D eigenvalue weighted by Gasteiger charge is 1.80. The van der Waals surface area contributed by atoms with Crippen molar-refractivity contribution in [1.82, 2.24) is 0 Å². The van der Waals surface area contributed by atoms with Crippen LogP contribution in [0.4, 0.5) is 0 Å². The Hall–Kier alpha value is -0.980. The Bertz CT molecular complexity index is 168. The molecule has 1 aromatic carbocycles. The minimum Gasteiger partial charge on any atom is -0.497 e. The van der Waals surface area contributed by atoms with Crippen LogP contribution in [0.2, 0.25) is 0 Å². The second-order valence-corrected chi connectivity index (χ2v) is 2.29. The molecular formula is C11H16O. The zero-order chi connectivity index (χ0) is 9.23. The highest BCUT2D eigenvalue weighted by Crippen LogP contribution is 2.05. The molecule has 1 rings (SSSR count). The van der Waals surface area contributed by atoms with E-state index in [1.807, 2.05) is 24.3 Å². The van der Waals surface area contributed by atoms with Gasteiger partial charge in [0.05, 0.1) is 7.11 Å². The molecule has 1 nitrogen and oxygen atoms in total. The first-order valence-electron chi connectivity index (χ1n) is 4.14. The van der Waals surface area contributed by atoms with Crippen LogP contribution in [-0.4, -0.2) is 7.11 Å². The highest BCUT2D eigenvalue weighted by molar-refractivity contribution is 5.19. The van der Waals surface area contributed by atoms with E-state index in [0.717, 1.165) is 12.2 Å². The second-order valence-electron chi connectivity index (χ2n) is 2.29. The molecule has 66 valence electrons. The molecule has 0 heterocycles. The van der Waals surface area contributed by atoms with Gasteiger partial charge in [-0.05, 0) is 18.2 Å². The van der Waals surface area contributed by atoms with Crippen LogP contribution < -0.4 is 4.74 Å². The summed E-state index contributed by atoms with van der Waals surface area (Å²) in [6, 6.07) is 10.2. The molecular weight excluding hydrogens is 148 g/mol. The largest absolute Gasteiger partial charge is 0.497 e. The third-order valence-electron chi connectivity index (χ3n) is 1.28. The van der Waals surface area contributed by atoms with Gasteiger partial charge in [0.1, 0.15) is 5.75 Å². The van der Waals surface area contributed by atoms with E-state index in [2.05, 4.69) is 19.9 Å². The van der Waals surface area contributed by atoms with E-state index in [1.54, 1.807) is 7.11 Å². The zero-order valence-electron chi connectivity index (χ0n) is 7.84. The molecule has 1 heteroatoms. The van der Waals surface area contributed by atoms with Crippen LogP contribution in [-0.2, 0) is 0 Å². The van der Waals surface area contributed by atoms with Gasteiger partial charge in [0.25, 0.3) is 0 Å². The lowest BCUT2D eigenvalue weighted by molar-refractivity contribution is 0.415. The lowest BCUT2D eigenvalue weighted by Gasteiger charge is -1.93. The smallest absolute Gasteiger partial charge is 0.118 e. The van der Waals surface area contributed by atoms with Crippen molar-refractivity contribution >= 4 is 0 Å². The monoisotopic (exact) mass is 164 g/mol. The van der Waals surface area contributed by atoms with Crippen molar-refractivity contribution in [2.24, 2.45) is 0 Å². The molecule has 0 N–H and O–H groups in total. The Morgan fingerprint density at radius 3 is 2.17 bits per heavy atom. The van der Waals surface area contributed by atoms with E-state index in [9.17, 15) is 0 Å². The standard InChI is InChI=1S/C7H7O.C4H9/c1-8-7-5-3-2-4-6-7;1-3-4-2/h3-6H,1H3;1,3-4H2,2H3. The SMILES string of the molecule is COc1cc[c]cc1.[CH2]CCC. The number of benzene rings is 1. The Kier molecular flexibility index (Phi) is 7.46. The fourth-order valence-electron chi connectivity index (χ4n) is 0.508. The predicted molar refractivity (Wildman–Crippen MR) is 52.1 cm³/mol. The minimum absolute atomic E-state index is 0.878. The average molecular weight is 164 g/mol. The van der Waals surface area contributed by atoms with Gasteiger partial charge in [0.15, 0.2) is 0 Å². The molecule has 0 spiro atoms. The lowest BCUT2D eigenvalue weighted by atomic mass is 10.3. The van der Waals surface area contributed by atoms with Crippen LogP contribution in [0.15, 0.2) is 24.3 Å². The minimum atomic E-state index is 0.878. The van der Waals surface area contributed by atoms with E-state index in [4.69, 9.17) is 4.74 Å². The fourth-order valence-corrected chi connectivity index (χ4v) is 0.508. The first kappa shape index (κ1) is 11.0. The molecule has 0 aromatic heterocycles. The van der Waals surface area contributed by atoms with Crippen LogP contribution in [0.25, 0.3) is 0 Å². The van der Waals surface area contributed by atoms with E-state index < -0.39 is 0 Å². The first-order valence-corrected chi connectivity index (χ1v) is 4.14. The Morgan fingerprint density at radius 1 is 1.42 bits per heavy atom. The molecule has 0 aliphatic rings. The van der Waals surface area contributed by atoms with E-state index >= 15 is 0 Å². The number of methoxy groups -OCH3 is 1. The van der Waals surface area contributed by atoms with Gasteiger partial charge in [-0.2, -0.15) is 0 Å². The average Bonchev–Trinajstić information content (AvgIpc) is 2.19. The van der Waals surface area contributed by atoms with Crippen molar-refractivity contribution in [3.63, 3.8) is 0 Å². The summed E-state index contributed by atoms with van der Waals surface area (Å²) >= 11 is 0. The molecule has 0 saturated carbocycles. The zero-order valence-corrected chi connectivity index (χ0v) is 7.84. The molecule has 0 saturated heterocycles. The molecule has 0 unspecified atom stereocenters. The summed E-state index contributed by atoms with van der Waals surface area (Å²) in [7, 11) is 1.65. The highest BCUT2D eigenvalue weighted by atomic mass is 16.5. The maximum atomic E-state index is 4.89. The summed E-state index contributed by atoms with van der Waals surface area (Å²) in [4.78, 5) is 0. The molecule has 1 aromatic rings. The maximum Gasteiger partial charge on any atom is 0.118 e. The van der Waals surface area contributed by atoms with Gasteiger partial charge in [0, 0.05) is 0 Å². The Labute approximate surface area is 75.4 Å². The maximum absolute atomic E-state index is 4.89. The van der Waals surface area contributed by atoms with Gasteiger partial charge in [-0.15, -0.1) is 0 Å². The van der Waals surface area contributed by atoms with Crippen LogP contribution in [0, 0.1) is 13.0 Å².